The zero-order valence-corrected chi connectivity index (χ0v) is 24.5. The molecule has 0 spiro atoms. The van der Waals surface area contributed by atoms with E-state index in [0.29, 0.717) is 18.1 Å². The first-order valence-corrected chi connectivity index (χ1v) is 14.6. The number of rotatable bonds is 10. The normalized spacial score (nSPS) is 19.6. The molecule has 2 aliphatic heterocycles. The molecule has 0 radical (unpaired) electrons. The average Bonchev–Trinajstić information content (AvgIpc) is 3.44. The number of anilines is 1. The Morgan fingerprint density at radius 3 is 2.58 bits per heavy atom. The molecule has 3 aromatic rings. The van der Waals surface area contributed by atoms with Crippen LogP contribution in [0.15, 0.2) is 54.7 Å². The molecule has 0 aliphatic carbocycles. The molecule has 5 rings (SSSR count). The first-order chi connectivity index (χ1) is 19.4. The molecular weight excluding hydrogens is 520 g/mol. The van der Waals surface area contributed by atoms with Crippen molar-refractivity contribution < 1.29 is 9.53 Å². The maximum atomic E-state index is 12.9. The second-order valence-corrected chi connectivity index (χ2v) is 11.2. The van der Waals surface area contributed by atoms with Crippen molar-refractivity contribution in [3.63, 3.8) is 0 Å². The highest BCUT2D eigenvalue weighted by Crippen LogP contribution is 2.41. The van der Waals surface area contributed by atoms with E-state index < -0.39 is 0 Å². The number of carbonyl (C=O) groups is 1. The lowest BCUT2D eigenvalue weighted by Gasteiger charge is -2.28. The lowest BCUT2D eigenvalue weighted by Crippen LogP contribution is -2.37. The van der Waals surface area contributed by atoms with Crippen LogP contribution in [0.5, 0.6) is 0 Å². The fourth-order valence-corrected chi connectivity index (χ4v) is 6.15. The number of morpholine rings is 1. The number of hydrogen-bond donors (Lipinski definition) is 2. The molecule has 1 aromatic carbocycles. The number of nitrogens with one attached hydrogen (secondary N) is 2. The Morgan fingerprint density at radius 2 is 1.85 bits per heavy atom. The van der Waals surface area contributed by atoms with Crippen molar-refractivity contribution in [2.45, 2.75) is 52.2 Å². The molecule has 40 heavy (non-hydrogen) atoms. The van der Waals surface area contributed by atoms with Crippen LogP contribution in [0.1, 0.15) is 53.1 Å². The molecule has 8 nitrogen and oxygen atoms in total. The van der Waals surface area contributed by atoms with Crippen LogP contribution < -0.4 is 10.6 Å². The summed E-state index contributed by atoms with van der Waals surface area (Å²) >= 11 is 5.85. The maximum Gasteiger partial charge on any atom is 0.226 e. The van der Waals surface area contributed by atoms with Gasteiger partial charge in [-0.15, -0.1) is 0 Å². The minimum Gasteiger partial charge on any atom is -0.379 e. The molecular formula is C31H40N6O2S. The van der Waals surface area contributed by atoms with Crippen molar-refractivity contribution in [2.24, 2.45) is 0 Å². The molecule has 2 N–H and O–H groups in total. The Kier molecular flexibility index (Phi) is 9.14. The largest absolute Gasteiger partial charge is 0.379 e. The molecule has 2 fully saturated rings. The second-order valence-electron chi connectivity index (χ2n) is 10.8. The van der Waals surface area contributed by atoms with E-state index in [1.807, 2.05) is 55.6 Å². The molecule has 0 saturated carbocycles. The lowest BCUT2D eigenvalue weighted by molar-refractivity contribution is -0.116. The van der Waals surface area contributed by atoms with Crippen LogP contribution in [0, 0.1) is 20.8 Å². The number of carbonyl (C=O) groups excluding carboxylic acids is 1. The zero-order chi connectivity index (χ0) is 28.1. The summed E-state index contributed by atoms with van der Waals surface area (Å²) in [5.41, 5.74) is 6.62. The third kappa shape index (κ3) is 6.54. The molecule has 2 atom stereocenters. The number of thiocarbonyl (C=S) groups is 1. The van der Waals surface area contributed by atoms with Crippen LogP contribution in [0.4, 0.5) is 5.69 Å². The number of aryl methyl sites for hydroxylation is 2. The number of hydrogen-bond acceptors (Lipinski definition) is 5. The number of ether oxygens (including phenoxy) is 1. The standard InChI is InChI=1S/C31H40N6O2S/c1-22-8-10-25(11-9-22)33-28(38)12-16-37-30(29(34-31(37)40)27-7-4-5-13-32-27)26-21-23(2)36(24(26)3)15-6-14-35-17-19-39-20-18-35/h4-5,7-11,13,21,29-30H,6,12,14-20H2,1-3H3,(H,33,38)(H,34,40)/t29-,30+/m1/s1. The van der Waals surface area contributed by atoms with Gasteiger partial charge in [0.15, 0.2) is 5.11 Å². The molecule has 0 bridgehead atoms. The molecule has 9 heteroatoms. The van der Waals surface area contributed by atoms with Gasteiger partial charge < -0.3 is 24.8 Å². The van der Waals surface area contributed by atoms with Crippen molar-refractivity contribution in [3.05, 3.63) is 82.9 Å². The van der Waals surface area contributed by atoms with Gasteiger partial charge in [0.05, 0.1) is 31.0 Å². The smallest absolute Gasteiger partial charge is 0.226 e. The predicted octanol–water partition coefficient (Wildman–Crippen LogP) is 4.53. The zero-order valence-electron chi connectivity index (χ0n) is 23.7. The van der Waals surface area contributed by atoms with Gasteiger partial charge in [-0.2, -0.15) is 0 Å². The Hall–Kier alpha value is -3.27. The van der Waals surface area contributed by atoms with Crippen molar-refractivity contribution in [3.8, 4) is 0 Å². The summed E-state index contributed by atoms with van der Waals surface area (Å²) < 4.78 is 7.92. The van der Waals surface area contributed by atoms with Gasteiger partial charge in [0, 0.05) is 62.4 Å². The Bertz CT molecular complexity index is 1300. The fourth-order valence-electron chi connectivity index (χ4n) is 5.82. The third-order valence-electron chi connectivity index (χ3n) is 8.00. The SMILES string of the molecule is Cc1ccc(NC(=O)CCN2C(=S)N[C@H](c3ccccn3)[C@@H]2c2cc(C)n(CCCN3CCOCC3)c2C)cc1. The van der Waals surface area contributed by atoms with Crippen LogP contribution in [0.2, 0.25) is 0 Å². The maximum absolute atomic E-state index is 12.9. The second kappa shape index (κ2) is 12.9. The highest BCUT2D eigenvalue weighted by atomic mass is 32.1. The first kappa shape index (κ1) is 28.3. The van der Waals surface area contributed by atoms with E-state index in [1.165, 1.54) is 17.0 Å². The Labute approximate surface area is 242 Å². The molecule has 4 heterocycles. The Balaban J connectivity index is 1.34. The summed E-state index contributed by atoms with van der Waals surface area (Å²) in [6.07, 6.45) is 3.24. The topological polar surface area (TPSA) is 74.7 Å². The van der Waals surface area contributed by atoms with Gasteiger partial charge in [0.1, 0.15) is 0 Å². The van der Waals surface area contributed by atoms with Crippen LogP contribution in [0.3, 0.4) is 0 Å². The molecule has 1 amide bonds. The molecule has 2 aromatic heterocycles. The number of amides is 1. The number of nitrogens with zero attached hydrogens (tertiary/aromatic N) is 4. The van der Waals surface area contributed by atoms with Crippen LogP contribution in [-0.4, -0.2) is 69.8 Å². The van der Waals surface area contributed by atoms with Gasteiger partial charge in [0.2, 0.25) is 5.91 Å². The van der Waals surface area contributed by atoms with Crippen molar-refractivity contribution in [2.75, 3.05) is 44.7 Å². The van der Waals surface area contributed by atoms with Gasteiger partial charge in [-0.25, -0.2) is 0 Å². The van der Waals surface area contributed by atoms with Gasteiger partial charge in [-0.1, -0.05) is 23.8 Å². The quantitative estimate of drug-likeness (QED) is 0.353. The Morgan fingerprint density at radius 1 is 1.07 bits per heavy atom. The van der Waals surface area contributed by atoms with Crippen LogP contribution in [0.25, 0.3) is 0 Å². The summed E-state index contributed by atoms with van der Waals surface area (Å²) in [4.78, 5) is 22.2. The van der Waals surface area contributed by atoms with Gasteiger partial charge in [-0.3, -0.25) is 14.7 Å². The summed E-state index contributed by atoms with van der Waals surface area (Å²) in [5.74, 6) is -0.0275. The monoisotopic (exact) mass is 560 g/mol. The summed E-state index contributed by atoms with van der Waals surface area (Å²) in [5, 5.41) is 7.20. The number of aromatic nitrogens is 2. The minimum absolute atomic E-state index is 0.0275. The number of benzene rings is 1. The third-order valence-corrected chi connectivity index (χ3v) is 8.36. The van der Waals surface area contributed by atoms with E-state index in [4.69, 9.17) is 17.0 Å². The minimum atomic E-state index is -0.101. The van der Waals surface area contributed by atoms with E-state index >= 15 is 0 Å². The highest BCUT2D eigenvalue weighted by Gasteiger charge is 2.41. The fraction of sp³-hybridized carbons (Fsp3) is 0.452. The van der Waals surface area contributed by atoms with E-state index in [1.54, 1.807) is 0 Å². The van der Waals surface area contributed by atoms with E-state index in [0.717, 1.165) is 62.8 Å². The molecule has 0 unspecified atom stereocenters. The summed E-state index contributed by atoms with van der Waals surface area (Å²) in [7, 11) is 0. The highest BCUT2D eigenvalue weighted by molar-refractivity contribution is 7.80. The molecule has 2 saturated heterocycles. The molecule has 2 aliphatic rings. The predicted molar refractivity (Wildman–Crippen MR) is 162 cm³/mol. The number of pyridine rings is 1. The summed E-state index contributed by atoms with van der Waals surface area (Å²) in [6.45, 7) is 12.6. The summed E-state index contributed by atoms with van der Waals surface area (Å²) in [6, 6.07) is 16.0. The van der Waals surface area contributed by atoms with Crippen molar-refractivity contribution >= 4 is 28.9 Å². The van der Waals surface area contributed by atoms with Crippen molar-refractivity contribution in [1.29, 1.82) is 0 Å². The lowest BCUT2D eigenvalue weighted by atomic mass is 9.96. The van der Waals surface area contributed by atoms with E-state index in [-0.39, 0.29) is 18.0 Å². The molecule has 212 valence electrons. The van der Waals surface area contributed by atoms with E-state index in [9.17, 15) is 4.79 Å². The van der Waals surface area contributed by atoms with Gasteiger partial charge in [-0.05, 0) is 75.3 Å². The van der Waals surface area contributed by atoms with Crippen LogP contribution in [-0.2, 0) is 16.1 Å². The van der Waals surface area contributed by atoms with Gasteiger partial charge in [0.25, 0.3) is 0 Å². The van der Waals surface area contributed by atoms with Crippen molar-refractivity contribution in [1.82, 2.24) is 24.7 Å². The van der Waals surface area contributed by atoms with Crippen LogP contribution >= 0.6 is 12.2 Å². The van der Waals surface area contributed by atoms with E-state index in [2.05, 4.69) is 49.9 Å². The average molecular weight is 561 g/mol. The van der Waals surface area contributed by atoms with Gasteiger partial charge >= 0.3 is 0 Å². The first-order valence-electron chi connectivity index (χ1n) is 14.2.